The molecule has 25 heavy (non-hydrogen) atoms. The first-order valence-corrected chi connectivity index (χ1v) is 9.45. The Balaban J connectivity index is 2.12. The third kappa shape index (κ3) is 4.74. The van der Waals surface area contributed by atoms with Crippen LogP contribution in [0.3, 0.4) is 0 Å². The highest BCUT2D eigenvalue weighted by atomic mass is 16.5. The van der Waals surface area contributed by atoms with Gasteiger partial charge in [-0.25, -0.2) is 4.79 Å². The Morgan fingerprint density at radius 1 is 1.36 bits per heavy atom. The summed E-state index contributed by atoms with van der Waals surface area (Å²) >= 11 is 0. The largest absolute Gasteiger partial charge is 0.478 e. The topological polar surface area (TPSA) is 63.6 Å². The second-order valence-corrected chi connectivity index (χ2v) is 8.18. The van der Waals surface area contributed by atoms with Gasteiger partial charge in [0.25, 0.3) is 0 Å². The Labute approximate surface area is 151 Å². The molecule has 0 heterocycles. The van der Waals surface area contributed by atoms with Crippen molar-refractivity contribution >= 4 is 11.9 Å². The summed E-state index contributed by atoms with van der Waals surface area (Å²) in [4.78, 5) is 22.1. The fraction of sp³-hybridized carbons (Fsp3) is 0.714. The number of hydrogen-bond acceptors (Lipinski definition) is 3. The Morgan fingerprint density at radius 3 is 2.72 bits per heavy atom. The standard InChI is InChI=1S/C21H32O4/c1-14(12-20(23)24)7-9-18-15(2)8-10-19-17(13-25-16(3)22)6-5-11-21(18,19)4/h12,17-19H,2,5-11,13H2,1,3-4H3,(H,23,24)/b14-12+/t17-,18+,19+,21-/m1/s1. The lowest BCUT2D eigenvalue weighted by Crippen LogP contribution is -2.47. The Hall–Kier alpha value is -1.58. The first-order valence-electron chi connectivity index (χ1n) is 9.45. The Bertz CT molecular complexity index is 562. The molecule has 0 aromatic heterocycles. The average Bonchev–Trinajstić information content (AvgIpc) is 2.50. The molecule has 0 amide bonds. The summed E-state index contributed by atoms with van der Waals surface area (Å²) in [6.45, 7) is 10.6. The molecule has 2 aliphatic carbocycles. The smallest absolute Gasteiger partial charge is 0.328 e. The number of allylic oxidation sites excluding steroid dienone is 2. The fourth-order valence-corrected chi connectivity index (χ4v) is 5.26. The molecular weight excluding hydrogens is 316 g/mol. The molecule has 2 aliphatic rings. The van der Waals surface area contributed by atoms with E-state index in [1.165, 1.54) is 25.0 Å². The van der Waals surface area contributed by atoms with Gasteiger partial charge in [-0.3, -0.25) is 4.79 Å². The third-order valence-corrected chi connectivity index (χ3v) is 6.47. The second kappa shape index (κ2) is 8.20. The van der Waals surface area contributed by atoms with E-state index in [0.717, 1.165) is 44.1 Å². The van der Waals surface area contributed by atoms with Gasteiger partial charge in [-0.15, -0.1) is 0 Å². The van der Waals surface area contributed by atoms with Crippen molar-refractivity contribution in [3.05, 3.63) is 23.8 Å². The maximum absolute atomic E-state index is 11.2. The van der Waals surface area contributed by atoms with Crippen LogP contribution in [0, 0.1) is 23.2 Å². The van der Waals surface area contributed by atoms with Gasteiger partial charge in [-0.2, -0.15) is 0 Å². The first kappa shape index (κ1) is 19.7. The number of carbonyl (C=O) groups is 2. The summed E-state index contributed by atoms with van der Waals surface area (Å²) in [7, 11) is 0. The Morgan fingerprint density at radius 2 is 2.08 bits per heavy atom. The molecule has 2 fully saturated rings. The predicted octanol–water partition coefficient (Wildman–Crippen LogP) is 4.75. The van der Waals surface area contributed by atoms with Crippen LogP contribution >= 0.6 is 0 Å². The molecule has 0 radical (unpaired) electrons. The monoisotopic (exact) mass is 348 g/mol. The molecule has 4 atom stereocenters. The molecule has 0 aromatic carbocycles. The number of aliphatic carboxylic acids is 1. The number of ether oxygens (including phenoxy) is 1. The molecule has 0 aromatic rings. The van der Waals surface area contributed by atoms with Crippen LogP contribution in [0.15, 0.2) is 23.8 Å². The van der Waals surface area contributed by atoms with Gasteiger partial charge < -0.3 is 9.84 Å². The molecule has 2 saturated carbocycles. The van der Waals surface area contributed by atoms with Crippen molar-refractivity contribution in [3.63, 3.8) is 0 Å². The quantitative estimate of drug-likeness (QED) is 0.427. The zero-order valence-electron chi connectivity index (χ0n) is 15.8. The highest BCUT2D eigenvalue weighted by Gasteiger charge is 2.49. The molecule has 0 bridgehead atoms. The van der Waals surface area contributed by atoms with E-state index in [9.17, 15) is 9.59 Å². The van der Waals surface area contributed by atoms with Crippen molar-refractivity contribution in [1.82, 2.24) is 0 Å². The zero-order chi connectivity index (χ0) is 18.6. The summed E-state index contributed by atoms with van der Waals surface area (Å²) in [6, 6.07) is 0. The fourth-order valence-electron chi connectivity index (χ4n) is 5.26. The third-order valence-electron chi connectivity index (χ3n) is 6.47. The number of rotatable bonds is 6. The number of carbonyl (C=O) groups excluding carboxylic acids is 1. The lowest BCUT2D eigenvalue weighted by molar-refractivity contribution is -0.145. The summed E-state index contributed by atoms with van der Waals surface area (Å²) < 4.78 is 5.34. The molecule has 140 valence electrons. The molecule has 4 heteroatoms. The van der Waals surface area contributed by atoms with Crippen LogP contribution in [-0.2, 0) is 14.3 Å². The molecule has 0 aliphatic heterocycles. The van der Waals surface area contributed by atoms with E-state index >= 15 is 0 Å². The van der Waals surface area contributed by atoms with Crippen LogP contribution < -0.4 is 0 Å². The van der Waals surface area contributed by atoms with Crippen molar-refractivity contribution in [1.29, 1.82) is 0 Å². The second-order valence-electron chi connectivity index (χ2n) is 8.18. The number of hydrogen-bond donors (Lipinski definition) is 1. The van der Waals surface area contributed by atoms with Crippen LogP contribution in [0.4, 0.5) is 0 Å². The molecule has 0 saturated heterocycles. The van der Waals surface area contributed by atoms with E-state index in [0.29, 0.717) is 24.4 Å². The van der Waals surface area contributed by atoms with Crippen molar-refractivity contribution in [2.75, 3.05) is 6.61 Å². The van der Waals surface area contributed by atoms with Gasteiger partial charge >= 0.3 is 11.9 Å². The zero-order valence-corrected chi connectivity index (χ0v) is 15.8. The summed E-state index contributed by atoms with van der Waals surface area (Å²) in [5, 5.41) is 8.91. The van der Waals surface area contributed by atoms with E-state index in [4.69, 9.17) is 9.84 Å². The predicted molar refractivity (Wildman–Crippen MR) is 98.1 cm³/mol. The number of esters is 1. The van der Waals surface area contributed by atoms with Gasteiger partial charge in [-0.05, 0) is 68.6 Å². The number of carboxylic acid groups (broad SMARTS) is 1. The van der Waals surface area contributed by atoms with Crippen LogP contribution in [0.1, 0.15) is 65.7 Å². The van der Waals surface area contributed by atoms with Crippen LogP contribution in [0.25, 0.3) is 0 Å². The van der Waals surface area contributed by atoms with E-state index in [1.807, 2.05) is 6.92 Å². The lowest BCUT2D eigenvalue weighted by atomic mass is 9.51. The maximum Gasteiger partial charge on any atom is 0.328 e. The molecule has 0 unspecified atom stereocenters. The number of fused-ring (bicyclic) bond motifs is 1. The highest BCUT2D eigenvalue weighted by Crippen LogP contribution is 2.58. The van der Waals surface area contributed by atoms with Crippen LogP contribution in [-0.4, -0.2) is 23.7 Å². The molecule has 2 rings (SSSR count). The van der Waals surface area contributed by atoms with Crippen molar-refractivity contribution in [2.45, 2.75) is 65.7 Å². The van der Waals surface area contributed by atoms with Gasteiger partial charge in [0.1, 0.15) is 0 Å². The Kier molecular flexibility index (Phi) is 6.47. The lowest BCUT2D eigenvalue weighted by Gasteiger charge is -2.54. The maximum atomic E-state index is 11.2. The van der Waals surface area contributed by atoms with Crippen molar-refractivity contribution in [2.24, 2.45) is 23.2 Å². The van der Waals surface area contributed by atoms with Gasteiger partial charge in [0, 0.05) is 13.0 Å². The molecule has 1 N–H and O–H groups in total. The normalized spacial score (nSPS) is 32.8. The number of carboxylic acids is 1. The van der Waals surface area contributed by atoms with E-state index in [1.54, 1.807) is 0 Å². The van der Waals surface area contributed by atoms with Gasteiger partial charge in [0.2, 0.25) is 0 Å². The molecular formula is C21H32O4. The van der Waals surface area contributed by atoms with Crippen LogP contribution in [0.2, 0.25) is 0 Å². The minimum atomic E-state index is -0.872. The van der Waals surface area contributed by atoms with E-state index in [-0.39, 0.29) is 11.4 Å². The molecule has 0 spiro atoms. The summed E-state index contributed by atoms with van der Waals surface area (Å²) in [5.74, 6) is 0.346. The van der Waals surface area contributed by atoms with Gasteiger partial charge in [0.05, 0.1) is 6.61 Å². The minimum absolute atomic E-state index is 0.182. The first-order chi connectivity index (χ1) is 11.7. The van der Waals surface area contributed by atoms with Gasteiger partial charge in [-0.1, -0.05) is 31.1 Å². The van der Waals surface area contributed by atoms with Crippen molar-refractivity contribution < 1.29 is 19.4 Å². The highest BCUT2D eigenvalue weighted by molar-refractivity contribution is 5.80. The van der Waals surface area contributed by atoms with E-state index in [2.05, 4.69) is 13.5 Å². The van der Waals surface area contributed by atoms with Crippen molar-refractivity contribution in [3.8, 4) is 0 Å². The SMILES string of the molecule is C=C1CC[C@H]2[C@@H](COC(C)=O)CCC[C@]2(C)[C@H]1CC/C(C)=C/C(=O)O. The van der Waals surface area contributed by atoms with Crippen LogP contribution in [0.5, 0.6) is 0 Å². The summed E-state index contributed by atoms with van der Waals surface area (Å²) in [5.41, 5.74) is 2.41. The minimum Gasteiger partial charge on any atom is -0.478 e. The summed E-state index contributed by atoms with van der Waals surface area (Å²) in [6.07, 6.45) is 8.70. The van der Waals surface area contributed by atoms with Gasteiger partial charge in [0.15, 0.2) is 0 Å². The molecule has 4 nitrogen and oxygen atoms in total. The average molecular weight is 348 g/mol. The van der Waals surface area contributed by atoms with E-state index < -0.39 is 5.97 Å².